The molecule has 0 aliphatic heterocycles. The molecule has 2 N–H and O–H groups in total. The predicted octanol–water partition coefficient (Wildman–Crippen LogP) is 3.25. The Kier molecular flexibility index (Phi) is 6.46. The molecule has 114 valence electrons. The van der Waals surface area contributed by atoms with Gasteiger partial charge in [0.1, 0.15) is 0 Å². The van der Waals surface area contributed by atoms with Crippen molar-refractivity contribution in [2.75, 3.05) is 13.6 Å². The van der Waals surface area contributed by atoms with Gasteiger partial charge in [0.15, 0.2) is 5.96 Å². The highest BCUT2D eigenvalue weighted by atomic mass is 32.1. The molecule has 5 heteroatoms. The van der Waals surface area contributed by atoms with Gasteiger partial charge >= 0.3 is 0 Å². The maximum absolute atomic E-state index is 4.44. The molecular formula is C15H28N4S. The van der Waals surface area contributed by atoms with E-state index in [1.54, 1.807) is 11.3 Å². The molecule has 1 aromatic rings. The van der Waals surface area contributed by atoms with E-state index in [1.165, 1.54) is 11.3 Å². The second kappa shape index (κ2) is 7.62. The highest BCUT2D eigenvalue weighted by Crippen LogP contribution is 2.19. The van der Waals surface area contributed by atoms with Gasteiger partial charge in [-0.05, 0) is 32.1 Å². The largest absolute Gasteiger partial charge is 0.356 e. The Labute approximate surface area is 127 Å². The monoisotopic (exact) mass is 296 g/mol. The Bertz CT molecular complexity index is 443. The summed E-state index contributed by atoms with van der Waals surface area (Å²) in [5, 5.41) is 7.83. The minimum atomic E-state index is 0.399. The molecule has 0 fully saturated rings. The average molecular weight is 296 g/mol. The maximum Gasteiger partial charge on any atom is 0.191 e. The molecule has 1 aromatic heterocycles. The van der Waals surface area contributed by atoms with Gasteiger partial charge in [0.05, 0.1) is 17.2 Å². The highest BCUT2D eigenvalue weighted by molar-refractivity contribution is 7.11. The Morgan fingerprint density at radius 3 is 2.45 bits per heavy atom. The van der Waals surface area contributed by atoms with E-state index in [0.29, 0.717) is 5.41 Å². The van der Waals surface area contributed by atoms with Gasteiger partial charge in [-0.3, -0.25) is 4.99 Å². The molecule has 0 spiro atoms. The Hall–Kier alpha value is -1.10. The third-order valence-electron chi connectivity index (χ3n) is 3.04. The summed E-state index contributed by atoms with van der Waals surface area (Å²) >= 11 is 1.74. The first-order chi connectivity index (χ1) is 9.31. The summed E-state index contributed by atoms with van der Waals surface area (Å²) in [6.07, 6.45) is 2.37. The summed E-state index contributed by atoms with van der Waals surface area (Å²) in [6.45, 7) is 12.7. The zero-order chi connectivity index (χ0) is 15.2. The second-order valence-corrected chi connectivity index (χ2v) is 7.55. The molecule has 0 saturated heterocycles. The lowest BCUT2D eigenvalue weighted by molar-refractivity contribution is 0.365. The van der Waals surface area contributed by atoms with E-state index in [0.717, 1.165) is 36.2 Å². The molecule has 0 amide bonds. The molecule has 0 atom stereocenters. The molecule has 0 saturated carbocycles. The van der Waals surface area contributed by atoms with Crippen molar-refractivity contribution in [3.05, 3.63) is 15.6 Å². The second-order valence-electron chi connectivity index (χ2n) is 6.26. The van der Waals surface area contributed by atoms with Gasteiger partial charge in [0.25, 0.3) is 0 Å². The number of aryl methyl sites for hydroxylation is 2. The topological polar surface area (TPSA) is 49.3 Å². The third-order valence-corrected chi connectivity index (χ3v) is 4.11. The van der Waals surface area contributed by atoms with Crippen LogP contribution in [0, 0.1) is 19.3 Å². The molecule has 1 heterocycles. The molecular weight excluding hydrogens is 268 g/mol. The minimum absolute atomic E-state index is 0.399. The van der Waals surface area contributed by atoms with Crippen LogP contribution in [-0.2, 0) is 6.54 Å². The van der Waals surface area contributed by atoms with E-state index in [4.69, 9.17) is 0 Å². The SMILES string of the molecule is CN=C(NCCCC(C)(C)C)NCc1sc(C)nc1C. The summed E-state index contributed by atoms with van der Waals surface area (Å²) in [4.78, 5) is 9.97. The highest BCUT2D eigenvalue weighted by Gasteiger charge is 2.09. The standard InChI is InChI=1S/C15H28N4S/c1-11-13(20-12(2)19-11)10-18-14(16-6)17-9-7-8-15(3,4)5/h7-10H2,1-6H3,(H2,16,17,18). The number of guanidine groups is 1. The van der Waals surface area contributed by atoms with Crippen molar-refractivity contribution in [3.8, 4) is 0 Å². The number of nitrogens with zero attached hydrogens (tertiary/aromatic N) is 2. The first-order valence-electron chi connectivity index (χ1n) is 7.19. The molecule has 0 radical (unpaired) electrons. The van der Waals surface area contributed by atoms with Gasteiger partial charge in [0.2, 0.25) is 0 Å². The zero-order valence-electron chi connectivity index (χ0n) is 13.6. The fourth-order valence-electron chi connectivity index (χ4n) is 1.95. The average Bonchev–Trinajstić information content (AvgIpc) is 2.66. The molecule has 1 rings (SSSR count). The van der Waals surface area contributed by atoms with E-state index >= 15 is 0 Å². The van der Waals surface area contributed by atoms with Crippen LogP contribution in [0.2, 0.25) is 0 Å². The van der Waals surface area contributed by atoms with E-state index in [2.05, 4.69) is 48.3 Å². The van der Waals surface area contributed by atoms with Crippen LogP contribution in [0.3, 0.4) is 0 Å². The van der Waals surface area contributed by atoms with Crippen LogP contribution in [-0.4, -0.2) is 24.5 Å². The molecule has 0 aromatic carbocycles. The summed E-state index contributed by atoms with van der Waals surface area (Å²) in [5.41, 5.74) is 1.51. The fourth-order valence-corrected chi connectivity index (χ4v) is 2.82. The summed E-state index contributed by atoms with van der Waals surface area (Å²) in [6, 6.07) is 0. The van der Waals surface area contributed by atoms with E-state index in [-0.39, 0.29) is 0 Å². The lowest BCUT2D eigenvalue weighted by Gasteiger charge is -2.18. The lowest BCUT2D eigenvalue weighted by Crippen LogP contribution is -2.37. The van der Waals surface area contributed by atoms with Crippen molar-refractivity contribution in [2.24, 2.45) is 10.4 Å². The van der Waals surface area contributed by atoms with Gasteiger partial charge in [-0.25, -0.2) is 4.98 Å². The minimum Gasteiger partial charge on any atom is -0.356 e. The summed E-state index contributed by atoms with van der Waals surface area (Å²) in [5.74, 6) is 0.865. The van der Waals surface area contributed by atoms with E-state index in [9.17, 15) is 0 Å². The van der Waals surface area contributed by atoms with E-state index in [1.807, 2.05) is 14.0 Å². The number of rotatable bonds is 5. The lowest BCUT2D eigenvalue weighted by atomic mass is 9.91. The van der Waals surface area contributed by atoms with Crippen molar-refractivity contribution in [1.82, 2.24) is 15.6 Å². The van der Waals surface area contributed by atoms with Crippen molar-refractivity contribution in [2.45, 2.75) is 54.0 Å². The van der Waals surface area contributed by atoms with Crippen LogP contribution in [0.1, 0.15) is 49.2 Å². The van der Waals surface area contributed by atoms with Crippen molar-refractivity contribution < 1.29 is 0 Å². The van der Waals surface area contributed by atoms with Crippen LogP contribution in [0.25, 0.3) is 0 Å². The smallest absolute Gasteiger partial charge is 0.191 e. The number of aromatic nitrogens is 1. The van der Waals surface area contributed by atoms with Crippen LogP contribution in [0.5, 0.6) is 0 Å². The first-order valence-corrected chi connectivity index (χ1v) is 8.01. The Balaban J connectivity index is 2.32. The zero-order valence-corrected chi connectivity index (χ0v) is 14.4. The maximum atomic E-state index is 4.44. The van der Waals surface area contributed by atoms with Gasteiger partial charge in [-0.1, -0.05) is 20.8 Å². The van der Waals surface area contributed by atoms with Gasteiger partial charge in [-0.15, -0.1) is 11.3 Å². The number of thiazole rings is 1. The number of nitrogens with one attached hydrogen (secondary N) is 2. The van der Waals surface area contributed by atoms with Crippen molar-refractivity contribution >= 4 is 17.3 Å². The normalized spacial score (nSPS) is 12.6. The summed E-state index contributed by atoms with van der Waals surface area (Å²) < 4.78 is 0. The van der Waals surface area contributed by atoms with Crippen molar-refractivity contribution in [1.29, 1.82) is 0 Å². The van der Waals surface area contributed by atoms with Crippen LogP contribution in [0.4, 0.5) is 0 Å². The first kappa shape index (κ1) is 17.0. The molecule has 0 aliphatic rings. The van der Waals surface area contributed by atoms with Gasteiger partial charge in [-0.2, -0.15) is 0 Å². The van der Waals surface area contributed by atoms with Crippen molar-refractivity contribution in [3.63, 3.8) is 0 Å². The van der Waals surface area contributed by atoms with Crippen LogP contribution < -0.4 is 10.6 Å². The number of hydrogen-bond acceptors (Lipinski definition) is 3. The molecule has 20 heavy (non-hydrogen) atoms. The van der Waals surface area contributed by atoms with Crippen LogP contribution in [0.15, 0.2) is 4.99 Å². The van der Waals surface area contributed by atoms with Gasteiger partial charge in [0, 0.05) is 18.5 Å². The third kappa shape index (κ3) is 6.37. The van der Waals surface area contributed by atoms with Gasteiger partial charge < -0.3 is 10.6 Å². The number of aliphatic imine (C=N–C) groups is 1. The quantitative estimate of drug-likeness (QED) is 0.498. The molecule has 0 unspecified atom stereocenters. The fraction of sp³-hybridized carbons (Fsp3) is 0.733. The van der Waals surface area contributed by atoms with Crippen LogP contribution >= 0.6 is 11.3 Å². The number of hydrogen-bond donors (Lipinski definition) is 2. The molecule has 0 aliphatic carbocycles. The molecule has 4 nitrogen and oxygen atoms in total. The molecule has 0 bridgehead atoms. The predicted molar refractivity (Wildman–Crippen MR) is 88.5 cm³/mol. The Morgan fingerprint density at radius 2 is 1.95 bits per heavy atom. The summed E-state index contributed by atoms with van der Waals surface area (Å²) in [7, 11) is 1.81. The van der Waals surface area contributed by atoms with E-state index < -0.39 is 0 Å². The Morgan fingerprint density at radius 1 is 1.25 bits per heavy atom.